The third-order valence-corrected chi connectivity index (χ3v) is 5.53. The minimum atomic E-state index is -3.66. The van der Waals surface area contributed by atoms with Crippen molar-refractivity contribution in [2.45, 2.75) is 39.5 Å². The fourth-order valence-corrected chi connectivity index (χ4v) is 4.19. The van der Waals surface area contributed by atoms with Gasteiger partial charge in [0.2, 0.25) is 11.8 Å². The summed E-state index contributed by atoms with van der Waals surface area (Å²) >= 11 is 0. The molecule has 2 heterocycles. The van der Waals surface area contributed by atoms with Gasteiger partial charge in [-0.3, -0.25) is 19.1 Å². The van der Waals surface area contributed by atoms with E-state index in [0.29, 0.717) is 22.1 Å². The zero-order valence-electron chi connectivity index (χ0n) is 27.7. The van der Waals surface area contributed by atoms with Crippen LogP contribution in [0.4, 0.5) is 0 Å². The molecule has 0 saturated heterocycles. The Balaban J connectivity index is 1.92. The molecule has 1 amide bonds. The van der Waals surface area contributed by atoms with Gasteiger partial charge >= 0.3 is 0 Å². The van der Waals surface area contributed by atoms with Crippen LogP contribution in [-0.4, -0.2) is 58.8 Å². The maximum atomic E-state index is 13.8. The lowest BCUT2D eigenvalue weighted by atomic mass is 9.79. The molecule has 2 atom stereocenters. The minimum absolute atomic E-state index is 0.0269. The number of nitrogens with zero attached hydrogens (tertiary/aromatic N) is 3. The van der Waals surface area contributed by atoms with Crippen molar-refractivity contribution < 1.29 is 26.0 Å². The number of aromatic nitrogens is 1. The smallest absolute Gasteiger partial charge is 0.230 e. The SMILES string of the molecule is [2H]c1ccc2c3c(c([2H])n(C(=O)CC)c13)C[C@@H]1C2=C[C@@H](C(=O)N(C([2H])([2H])C([2H])([2H])[2H])C([2H])([2H])C([2H])([2H])[2H])CN1C. The monoisotopic (exact) mass is 391 g/mol. The first-order valence-corrected chi connectivity index (χ1v) is 9.11. The van der Waals surface area contributed by atoms with Crippen molar-refractivity contribution in [2.75, 3.05) is 26.6 Å². The van der Waals surface area contributed by atoms with Crippen LogP contribution in [-0.2, 0) is 11.2 Å². The highest BCUT2D eigenvalue weighted by Crippen LogP contribution is 2.41. The Labute approximate surface area is 183 Å². The largest absolute Gasteiger partial charge is 0.343 e. The standard InChI is InChI=1S/C23H29N3O2/c1-5-21(27)26-14-15-12-20-18(17-9-8-10-19(26)22(15)17)11-16(13-24(20)4)23(28)25(6-2)7-3/h8-11,14,16,20H,5-7,12-13H2,1-4H3/t16-,20-/m1/s1/i2D3,3D3,6D2,7D2,10D,14D. The van der Waals surface area contributed by atoms with E-state index in [4.69, 9.17) is 16.4 Å². The van der Waals surface area contributed by atoms with Crippen molar-refractivity contribution in [1.82, 2.24) is 14.4 Å². The summed E-state index contributed by atoms with van der Waals surface area (Å²) in [4.78, 5) is 27.9. The molecule has 1 aromatic carbocycles. The molecule has 0 N–H and O–H groups in total. The third-order valence-electron chi connectivity index (χ3n) is 5.53. The molecule has 28 heavy (non-hydrogen) atoms. The van der Waals surface area contributed by atoms with Crippen molar-refractivity contribution in [3.05, 3.63) is 41.6 Å². The van der Waals surface area contributed by atoms with Gasteiger partial charge in [0.25, 0.3) is 0 Å². The van der Waals surface area contributed by atoms with E-state index >= 15 is 0 Å². The van der Waals surface area contributed by atoms with E-state index in [1.165, 1.54) is 16.7 Å². The van der Waals surface area contributed by atoms with Crippen LogP contribution in [0.15, 0.2) is 30.4 Å². The van der Waals surface area contributed by atoms with Crippen LogP contribution in [0.5, 0.6) is 0 Å². The van der Waals surface area contributed by atoms with E-state index in [1.807, 2.05) is 0 Å². The lowest BCUT2D eigenvalue weighted by Gasteiger charge is -2.40. The molecule has 0 bridgehead atoms. The van der Waals surface area contributed by atoms with Crippen LogP contribution < -0.4 is 0 Å². The third kappa shape index (κ3) is 2.80. The number of hydrogen-bond acceptors (Lipinski definition) is 3. The Bertz CT molecular complexity index is 1400. The van der Waals surface area contributed by atoms with Gasteiger partial charge in [-0.15, -0.1) is 0 Å². The summed E-state index contributed by atoms with van der Waals surface area (Å²) in [5.41, 5.74) is 1.87. The van der Waals surface area contributed by atoms with Crippen LogP contribution in [0, 0.1) is 5.92 Å². The Hall–Kier alpha value is -2.40. The molecule has 1 aliphatic carbocycles. The Morgan fingerprint density at radius 3 is 2.89 bits per heavy atom. The van der Waals surface area contributed by atoms with Gasteiger partial charge in [0.15, 0.2) is 0 Å². The van der Waals surface area contributed by atoms with E-state index in [2.05, 4.69) is 0 Å². The fourth-order valence-electron chi connectivity index (χ4n) is 4.19. The van der Waals surface area contributed by atoms with Crippen molar-refractivity contribution >= 4 is 28.3 Å². The summed E-state index contributed by atoms with van der Waals surface area (Å²) in [5, 5.41) is 0.496. The first-order chi connectivity index (χ1) is 18.2. The highest BCUT2D eigenvalue weighted by Gasteiger charge is 2.37. The van der Waals surface area contributed by atoms with Crippen molar-refractivity contribution in [3.63, 3.8) is 0 Å². The number of likely N-dealkylation sites (N-methyl/N-ethyl adjacent to an activating group) is 1. The van der Waals surface area contributed by atoms with Crippen LogP contribution in [0.2, 0.25) is 0 Å². The number of amides is 1. The Kier molecular flexibility index (Phi) is 2.42. The lowest BCUT2D eigenvalue weighted by molar-refractivity contribution is -0.134. The normalized spacial score (nSPS) is 29.6. The van der Waals surface area contributed by atoms with Crippen molar-refractivity contribution in [3.8, 4) is 0 Å². The van der Waals surface area contributed by atoms with Gasteiger partial charge < -0.3 is 4.90 Å². The van der Waals surface area contributed by atoms with Gasteiger partial charge in [0.05, 0.1) is 14.2 Å². The average Bonchev–Trinajstić information content (AvgIpc) is 3.12. The molecule has 0 unspecified atom stereocenters. The molecule has 1 aliphatic heterocycles. The number of carbonyl (C=O) groups excluding carboxylic acids is 2. The summed E-state index contributed by atoms with van der Waals surface area (Å²) in [7, 11) is 1.65. The summed E-state index contributed by atoms with van der Waals surface area (Å²) < 4.78 is 96.7. The molecule has 2 aromatic rings. The van der Waals surface area contributed by atoms with Crippen LogP contribution in [0.3, 0.4) is 0 Å². The molecule has 2 aliphatic rings. The molecule has 5 heteroatoms. The van der Waals surface area contributed by atoms with Gasteiger partial charge in [-0.2, -0.15) is 0 Å². The summed E-state index contributed by atoms with van der Waals surface area (Å²) in [6, 6.07) is 2.70. The number of fused-ring (bicyclic) bond motifs is 2. The highest BCUT2D eigenvalue weighted by molar-refractivity contribution is 6.03. The predicted molar refractivity (Wildman–Crippen MR) is 112 cm³/mol. The average molecular weight is 392 g/mol. The second-order valence-electron chi connectivity index (χ2n) is 7.07. The van der Waals surface area contributed by atoms with Gasteiger partial charge in [-0.1, -0.05) is 25.1 Å². The number of carbonyl (C=O) groups is 2. The second kappa shape index (κ2) is 7.21. The van der Waals surface area contributed by atoms with Crippen molar-refractivity contribution in [1.29, 1.82) is 0 Å². The maximum Gasteiger partial charge on any atom is 0.230 e. The summed E-state index contributed by atoms with van der Waals surface area (Å²) in [6.07, 6.45) is 1.79. The fraction of sp³-hybridized carbons (Fsp3) is 0.478. The zero-order chi connectivity index (χ0) is 30.3. The van der Waals surface area contributed by atoms with Crippen LogP contribution in [0.25, 0.3) is 16.5 Å². The molecule has 0 radical (unpaired) electrons. The maximum absolute atomic E-state index is 13.8. The predicted octanol–water partition coefficient (Wildman–Crippen LogP) is 3.43. The number of rotatable bonds is 4. The van der Waals surface area contributed by atoms with Gasteiger partial charge in [0, 0.05) is 57.3 Å². The Morgan fingerprint density at radius 2 is 2.18 bits per heavy atom. The Morgan fingerprint density at radius 1 is 1.39 bits per heavy atom. The van der Waals surface area contributed by atoms with Gasteiger partial charge in [-0.25, -0.2) is 0 Å². The first-order valence-electron chi connectivity index (χ1n) is 15.1. The lowest BCUT2D eigenvalue weighted by Crippen LogP contribution is -2.47. The quantitative estimate of drug-likeness (QED) is 0.802. The molecule has 1 aromatic heterocycles. The van der Waals surface area contributed by atoms with E-state index in [1.54, 1.807) is 24.9 Å². The molecular formula is C23H29N3O2. The van der Waals surface area contributed by atoms with E-state index in [0.717, 1.165) is 0 Å². The molecule has 0 spiro atoms. The molecule has 5 nitrogen and oxygen atoms in total. The molecule has 4 rings (SSSR count). The zero-order valence-corrected chi connectivity index (χ0v) is 15.7. The van der Waals surface area contributed by atoms with E-state index in [-0.39, 0.29) is 47.9 Å². The summed E-state index contributed by atoms with van der Waals surface area (Å²) in [6.45, 7) is -12.9. The number of hydrogen-bond donors (Lipinski definition) is 0. The minimum Gasteiger partial charge on any atom is -0.343 e. The topological polar surface area (TPSA) is 45.6 Å². The molecular weight excluding hydrogens is 350 g/mol. The van der Waals surface area contributed by atoms with Crippen LogP contribution >= 0.6 is 0 Å². The molecule has 0 saturated carbocycles. The van der Waals surface area contributed by atoms with Crippen LogP contribution in [0.1, 0.15) is 59.4 Å². The molecule has 0 fully saturated rings. The first kappa shape index (κ1) is 9.40. The summed E-state index contributed by atoms with van der Waals surface area (Å²) in [5.74, 6) is -3.03. The molecule has 148 valence electrons. The van der Waals surface area contributed by atoms with Gasteiger partial charge in [-0.05, 0) is 49.9 Å². The second-order valence-corrected chi connectivity index (χ2v) is 7.07. The highest BCUT2D eigenvalue weighted by atomic mass is 16.2. The van der Waals surface area contributed by atoms with Crippen molar-refractivity contribution in [2.24, 2.45) is 5.92 Å². The number of benzene rings is 1. The van der Waals surface area contributed by atoms with Gasteiger partial charge in [0.1, 0.15) is 0 Å². The van der Waals surface area contributed by atoms with E-state index < -0.39 is 44.6 Å². The van der Waals surface area contributed by atoms with E-state index in [9.17, 15) is 9.59 Å².